The standard InChI is InChI=1S/C21H20N4O4S/c1-24-15-4-2-3-5-18(15)30-21(24)23-22-20(27)13-10-19(26)25(12-13)14-6-7-16-17(11-14)29-9-8-28-16/h2-7,11,13H,8-10,12H2,1H3,(H,22,27)/b23-21-/t13-/m0/s1. The number of anilines is 1. The predicted molar refractivity (Wildman–Crippen MR) is 112 cm³/mol. The molecule has 2 aliphatic rings. The van der Waals surface area contributed by atoms with Crippen molar-refractivity contribution in [2.75, 3.05) is 24.7 Å². The number of rotatable bonds is 3. The van der Waals surface area contributed by atoms with Gasteiger partial charge in [0.2, 0.25) is 16.6 Å². The number of hydrogen-bond acceptors (Lipinski definition) is 6. The van der Waals surface area contributed by atoms with Gasteiger partial charge >= 0.3 is 0 Å². The normalized spacial score (nSPS) is 18.8. The Hall–Kier alpha value is -3.33. The van der Waals surface area contributed by atoms with Crippen LogP contribution < -0.4 is 24.6 Å². The summed E-state index contributed by atoms with van der Waals surface area (Å²) < 4.78 is 14.1. The Morgan fingerprint density at radius 2 is 1.97 bits per heavy atom. The first-order valence-electron chi connectivity index (χ1n) is 9.68. The minimum Gasteiger partial charge on any atom is -0.486 e. The van der Waals surface area contributed by atoms with E-state index in [1.807, 2.05) is 41.9 Å². The monoisotopic (exact) mass is 424 g/mol. The van der Waals surface area contributed by atoms with Gasteiger partial charge in [0.05, 0.1) is 16.1 Å². The third-order valence-electron chi connectivity index (χ3n) is 5.31. The van der Waals surface area contributed by atoms with Crippen molar-refractivity contribution < 1.29 is 19.1 Å². The topological polar surface area (TPSA) is 85.2 Å². The Morgan fingerprint density at radius 1 is 1.17 bits per heavy atom. The Kier molecular flexibility index (Phi) is 4.66. The molecule has 0 bridgehead atoms. The van der Waals surface area contributed by atoms with Crippen molar-refractivity contribution in [3.63, 3.8) is 0 Å². The molecule has 2 aromatic carbocycles. The Bertz CT molecular complexity index is 1220. The van der Waals surface area contributed by atoms with E-state index in [-0.39, 0.29) is 18.2 Å². The molecular formula is C21H20N4O4S. The van der Waals surface area contributed by atoms with Crippen LogP contribution in [-0.4, -0.2) is 36.1 Å². The van der Waals surface area contributed by atoms with Gasteiger partial charge in [0, 0.05) is 31.8 Å². The zero-order valence-corrected chi connectivity index (χ0v) is 17.1. The zero-order valence-electron chi connectivity index (χ0n) is 16.3. The maximum absolute atomic E-state index is 12.7. The van der Waals surface area contributed by atoms with Gasteiger partial charge < -0.3 is 18.9 Å². The average Bonchev–Trinajstić information content (AvgIpc) is 3.32. The SMILES string of the molecule is Cn1/c(=N/NC(=O)[C@H]2CC(=O)N(c3ccc4c(c3)OCCO4)C2)sc2ccccc21. The molecule has 5 rings (SSSR count). The summed E-state index contributed by atoms with van der Waals surface area (Å²) in [6.45, 7) is 1.29. The third-order valence-corrected chi connectivity index (χ3v) is 6.42. The number of thiazole rings is 1. The largest absolute Gasteiger partial charge is 0.486 e. The van der Waals surface area contributed by atoms with Gasteiger partial charge in [-0.3, -0.25) is 9.59 Å². The first-order chi connectivity index (χ1) is 14.6. The summed E-state index contributed by atoms with van der Waals surface area (Å²) in [7, 11) is 1.91. The summed E-state index contributed by atoms with van der Waals surface area (Å²) in [5.41, 5.74) is 4.39. The molecule has 3 heterocycles. The number of nitrogens with zero attached hydrogens (tertiary/aromatic N) is 3. The van der Waals surface area contributed by atoms with Crippen molar-refractivity contribution in [2.24, 2.45) is 18.1 Å². The van der Waals surface area contributed by atoms with Crippen LogP contribution in [0.2, 0.25) is 0 Å². The number of fused-ring (bicyclic) bond motifs is 2. The number of benzene rings is 2. The van der Waals surface area contributed by atoms with Gasteiger partial charge in [0.1, 0.15) is 13.2 Å². The van der Waals surface area contributed by atoms with Crippen LogP contribution in [0, 0.1) is 5.92 Å². The van der Waals surface area contributed by atoms with Crippen LogP contribution in [0.15, 0.2) is 47.6 Å². The molecule has 1 N–H and O–H groups in total. The van der Waals surface area contributed by atoms with Crippen LogP contribution in [0.4, 0.5) is 5.69 Å². The minimum absolute atomic E-state index is 0.0979. The summed E-state index contributed by atoms with van der Waals surface area (Å²) in [5.74, 6) is 0.460. The van der Waals surface area contributed by atoms with E-state index in [2.05, 4.69) is 10.5 Å². The molecule has 0 saturated carbocycles. The predicted octanol–water partition coefficient (Wildman–Crippen LogP) is 2.00. The van der Waals surface area contributed by atoms with E-state index in [9.17, 15) is 9.59 Å². The summed E-state index contributed by atoms with van der Waals surface area (Å²) in [5, 5.41) is 4.28. The van der Waals surface area contributed by atoms with Crippen molar-refractivity contribution in [2.45, 2.75) is 6.42 Å². The van der Waals surface area contributed by atoms with Crippen molar-refractivity contribution >= 4 is 39.1 Å². The fourth-order valence-electron chi connectivity index (χ4n) is 3.72. The number of ether oxygens (including phenoxy) is 2. The zero-order chi connectivity index (χ0) is 20.7. The highest BCUT2D eigenvalue weighted by Gasteiger charge is 2.35. The van der Waals surface area contributed by atoms with Crippen LogP contribution in [-0.2, 0) is 16.6 Å². The van der Waals surface area contributed by atoms with Crippen molar-refractivity contribution in [1.29, 1.82) is 0 Å². The van der Waals surface area contributed by atoms with E-state index in [4.69, 9.17) is 9.47 Å². The number of amides is 2. The molecule has 1 atom stereocenters. The van der Waals surface area contributed by atoms with E-state index < -0.39 is 5.92 Å². The molecule has 9 heteroatoms. The number of hydrogen-bond donors (Lipinski definition) is 1. The molecule has 2 amide bonds. The smallest absolute Gasteiger partial charge is 0.245 e. The van der Waals surface area contributed by atoms with Gasteiger partial charge in [0.25, 0.3) is 0 Å². The molecule has 3 aromatic rings. The highest BCUT2D eigenvalue weighted by atomic mass is 32.1. The lowest BCUT2D eigenvalue weighted by atomic mass is 10.1. The van der Waals surface area contributed by atoms with Crippen LogP contribution in [0.5, 0.6) is 11.5 Å². The number of aryl methyl sites for hydroxylation is 1. The van der Waals surface area contributed by atoms with Crippen molar-refractivity contribution in [1.82, 2.24) is 9.99 Å². The second kappa shape index (κ2) is 7.49. The fraction of sp³-hybridized carbons (Fsp3) is 0.286. The van der Waals surface area contributed by atoms with Crippen molar-refractivity contribution in [3.8, 4) is 11.5 Å². The molecule has 1 fully saturated rings. The molecular weight excluding hydrogens is 404 g/mol. The number of carbonyl (C=O) groups excluding carboxylic acids is 2. The van der Waals surface area contributed by atoms with Crippen LogP contribution in [0.25, 0.3) is 10.2 Å². The highest BCUT2D eigenvalue weighted by molar-refractivity contribution is 7.16. The van der Waals surface area contributed by atoms with Gasteiger partial charge in [-0.1, -0.05) is 23.5 Å². The molecule has 0 radical (unpaired) electrons. The second-order valence-corrected chi connectivity index (χ2v) is 8.24. The fourth-order valence-corrected chi connectivity index (χ4v) is 4.69. The van der Waals surface area contributed by atoms with Crippen molar-refractivity contribution in [3.05, 3.63) is 47.3 Å². The summed E-state index contributed by atoms with van der Waals surface area (Å²) in [6.07, 6.45) is 0.147. The maximum atomic E-state index is 12.7. The summed E-state index contributed by atoms with van der Waals surface area (Å²) in [6, 6.07) is 13.4. The van der Waals surface area contributed by atoms with E-state index in [0.717, 1.165) is 10.2 Å². The number of para-hydroxylation sites is 1. The number of aromatic nitrogens is 1. The Balaban J connectivity index is 1.31. The quantitative estimate of drug-likeness (QED) is 0.652. The molecule has 154 valence electrons. The summed E-state index contributed by atoms with van der Waals surface area (Å²) >= 11 is 1.50. The highest BCUT2D eigenvalue weighted by Crippen LogP contribution is 2.36. The van der Waals surface area contributed by atoms with Gasteiger partial charge in [-0.25, -0.2) is 5.43 Å². The molecule has 1 aromatic heterocycles. The lowest BCUT2D eigenvalue weighted by Crippen LogP contribution is -2.32. The first-order valence-corrected chi connectivity index (χ1v) is 10.5. The molecule has 0 unspecified atom stereocenters. The van der Waals surface area contributed by atoms with E-state index in [1.165, 1.54) is 11.3 Å². The Morgan fingerprint density at radius 3 is 2.80 bits per heavy atom. The second-order valence-electron chi connectivity index (χ2n) is 7.23. The Labute approximate surface area is 176 Å². The lowest BCUT2D eigenvalue weighted by molar-refractivity contribution is -0.126. The van der Waals surface area contributed by atoms with E-state index >= 15 is 0 Å². The lowest BCUT2D eigenvalue weighted by Gasteiger charge is -2.22. The van der Waals surface area contributed by atoms with Gasteiger partial charge in [0.15, 0.2) is 11.5 Å². The third kappa shape index (κ3) is 3.30. The maximum Gasteiger partial charge on any atom is 0.245 e. The van der Waals surface area contributed by atoms with Crippen LogP contribution in [0.3, 0.4) is 0 Å². The molecule has 8 nitrogen and oxygen atoms in total. The number of carbonyl (C=O) groups is 2. The van der Waals surface area contributed by atoms with E-state index in [1.54, 1.807) is 17.0 Å². The first kappa shape index (κ1) is 18.7. The average molecular weight is 424 g/mol. The van der Waals surface area contributed by atoms with Gasteiger partial charge in [-0.2, -0.15) is 0 Å². The minimum atomic E-state index is -0.464. The van der Waals surface area contributed by atoms with Crippen LogP contribution in [0.1, 0.15) is 6.42 Å². The molecule has 0 aliphatic carbocycles. The van der Waals surface area contributed by atoms with Gasteiger partial charge in [-0.15, -0.1) is 5.10 Å². The summed E-state index contributed by atoms with van der Waals surface area (Å²) in [4.78, 5) is 27.5. The van der Waals surface area contributed by atoms with Crippen LogP contribution >= 0.6 is 11.3 Å². The van der Waals surface area contributed by atoms with Gasteiger partial charge in [-0.05, 0) is 24.3 Å². The van der Waals surface area contributed by atoms with E-state index in [0.29, 0.717) is 41.7 Å². The molecule has 1 saturated heterocycles. The number of nitrogens with one attached hydrogen (secondary N) is 1. The molecule has 0 spiro atoms. The molecule has 2 aliphatic heterocycles. The molecule has 30 heavy (non-hydrogen) atoms.